The number of benzene rings is 1. The van der Waals surface area contributed by atoms with Gasteiger partial charge < -0.3 is 16.0 Å². The molecule has 0 saturated carbocycles. The third kappa shape index (κ3) is 3.19. The van der Waals surface area contributed by atoms with Crippen molar-refractivity contribution in [1.82, 2.24) is 4.90 Å². The van der Waals surface area contributed by atoms with Crippen LogP contribution >= 0.6 is 0 Å². The van der Waals surface area contributed by atoms with E-state index in [-0.39, 0.29) is 11.9 Å². The van der Waals surface area contributed by atoms with Crippen LogP contribution in [0, 0.1) is 6.92 Å². The van der Waals surface area contributed by atoms with Gasteiger partial charge in [0.15, 0.2) is 0 Å². The van der Waals surface area contributed by atoms with Crippen molar-refractivity contribution in [1.29, 1.82) is 0 Å². The third-order valence-electron chi connectivity index (χ3n) is 3.79. The molecule has 4 nitrogen and oxygen atoms in total. The van der Waals surface area contributed by atoms with Crippen molar-refractivity contribution < 1.29 is 4.79 Å². The lowest BCUT2D eigenvalue weighted by atomic mass is 10.1. The van der Waals surface area contributed by atoms with Gasteiger partial charge in [-0.1, -0.05) is 6.07 Å². The number of nitrogens with two attached hydrogens (primary N) is 1. The highest BCUT2D eigenvalue weighted by Gasteiger charge is 2.22. The molecule has 1 aromatic rings. The van der Waals surface area contributed by atoms with Crippen molar-refractivity contribution in [2.24, 2.45) is 0 Å². The maximum absolute atomic E-state index is 12.3. The fourth-order valence-corrected chi connectivity index (χ4v) is 2.49. The van der Waals surface area contributed by atoms with Gasteiger partial charge in [0.25, 0.3) is 0 Å². The summed E-state index contributed by atoms with van der Waals surface area (Å²) in [6.07, 6.45) is 3.48. The summed E-state index contributed by atoms with van der Waals surface area (Å²) in [7, 11) is 0. The molecule has 4 heteroatoms. The molecule has 3 N–H and O–H groups in total. The molecule has 1 fully saturated rings. The number of piperidine rings is 1. The van der Waals surface area contributed by atoms with Gasteiger partial charge in [-0.15, -0.1) is 0 Å². The minimum atomic E-state index is -0.210. The molecular formula is C15H23N3O. The van der Waals surface area contributed by atoms with Crippen LogP contribution in [0.4, 0.5) is 11.4 Å². The predicted octanol–water partition coefficient (Wildman–Crippen LogP) is 2.39. The average molecular weight is 261 g/mol. The van der Waals surface area contributed by atoms with Crippen molar-refractivity contribution in [2.45, 2.75) is 39.2 Å². The van der Waals surface area contributed by atoms with Gasteiger partial charge in [0.1, 0.15) is 6.04 Å². The van der Waals surface area contributed by atoms with Crippen LogP contribution in [-0.4, -0.2) is 29.9 Å². The van der Waals surface area contributed by atoms with E-state index in [0.29, 0.717) is 0 Å². The monoisotopic (exact) mass is 261 g/mol. The van der Waals surface area contributed by atoms with E-state index in [1.165, 1.54) is 6.42 Å². The molecule has 1 amide bonds. The number of rotatable bonds is 3. The Morgan fingerprint density at radius 1 is 1.32 bits per heavy atom. The van der Waals surface area contributed by atoms with Gasteiger partial charge in [0.05, 0.1) is 0 Å². The summed E-state index contributed by atoms with van der Waals surface area (Å²) < 4.78 is 0. The molecule has 1 unspecified atom stereocenters. The van der Waals surface area contributed by atoms with Gasteiger partial charge in [0.2, 0.25) is 5.91 Å². The van der Waals surface area contributed by atoms with E-state index in [9.17, 15) is 4.79 Å². The lowest BCUT2D eigenvalue weighted by molar-refractivity contribution is -0.132. The van der Waals surface area contributed by atoms with Crippen molar-refractivity contribution >= 4 is 17.3 Å². The Kier molecular flexibility index (Phi) is 4.30. The van der Waals surface area contributed by atoms with E-state index in [2.05, 4.69) is 5.32 Å². The number of hydrogen-bond acceptors (Lipinski definition) is 3. The SMILES string of the molecule is Cc1c(N)cccc1NC(C)C(=O)N1CCCCC1. The molecule has 1 heterocycles. The highest BCUT2D eigenvalue weighted by Crippen LogP contribution is 2.21. The van der Waals surface area contributed by atoms with E-state index in [1.807, 2.05) is 36.9 Å². The van der Waals surface area contributed by atoms with Crippen LogP contribution in [0.1, 0.15) is 31.7 Å². The molecule has 19 heavy (non-hydrogen) atoms. The molecule has 0 aromatic heterocycles. The lowest BCUT2D eigenvalue weighted by Crippen LogP contribution is -2.44. The zero-order valence-corrected chi connectivity index (χ0v) is 11.8. The van der Waals surface area contributed by atoms with Crippen molar-refractivity contribution in [3.05, 3.63) is 23.8 Å². The Labute approximate surface area is 115 Å². The van der Waals surface area contributed by atoms with Gasteiger partial charge in [-0.2, -0.15) is 0 Å². The zero-order valence-electron chi connectivity index (χ0n) is 11.8. The maximum atomic E-state index is 12.3. The minimum absolute atomic E-state index is 0.182. The molecule has 0 bridgehead atoms. The number of nitrogens with zero attached hydrogens (tertiary/aromatic N) is 1. The van der Waals surface area contributed by atoms with E-state index in [0.717, 1.165) is 42.9 Å². The fraction of sp³-hybridized carbons (Fsp3) is 0.533. The number of carbonyl (C=O) groups excluding carboxylic acids is 1. The minimum Gasteiger partial charge on any atom is -0.398 e. The third-order valence-corrected chi connectivity index (χ3v) is 3.79. The lowest BCUT2D eigenvalue weighted by Gasteiger charge is -2.30. The van der Waals surface area contributed by atoms with Crippen molar-refractivity contribution in [3.63, 3.8) is 0 Å². The Morgan fingerprint density at radius 2 is 2.00 bits per heavy atom. The van der Waals surface area contributed by atoms with Crippen LogP contribution in [0.25, 0.3) is 0 Å². The molecule has 1 saturated heterocycles. The van der Waals surface area contributed by atoms with Gasteiger partial charge in [0, 0.05) is 24.5 Å². The summed E-state index contributed by atoms with van der Waals surface area (Å²) in [5, 5.41) is 3.28. The summed E-state index contributed by atoms with van der Waals surface area (Å²) >= 11 is 0. The van der Waals surface area contributed by atoms with Crippen LogP contribution in [-0.2, 0) is 4.79 Å². The maximum Gasteiger partial charge on any atom is 0.244 e. The highest BCUT2D eigenvalue weighted by atomic mass is 16.2. The molecule has 2 rings (SSSR count). The first-order valence-electron chi connectivity index (χ1n) is 7.00. The van der Waals surface area contributed by atoms with E-state index >= 15 is 0 Å². The average Bonchev–Trinajstić information content (AvgIpc) is 2.44. The molecule has 0 spiro atoms. The summed E-state index contributed by atoms with van der Waals surface area (Å²) in [6.45, 7) is 5.66. The fourth-order valence-electron chi connectivity index (χ4n) is 2.49. The second-order valence-corrected chi connectivity index (χ2v) is 5.27. The molecule has 1 atom stereocenters. The Bertz CT molecular complexity index is 453. The summed E-state index contributed by atoms with van der Waals surface area (Å²) in [5.74, 6) is 0.182. The molecule has 1 aromatic carbocycles. The van der Waals surface area contributed by atoms with Gasteiger partial charge in [-0.05, 0) is 50.8 Å². The van der Waals surface area contributed by atoms with Gasteiger partial charge >= 0.3 is 0 Å². The summed E-state index contributed by atoms with van der Waals surface area (Å²) in [5.41, 5.74) is 8.58. The quantitative estimate of drug-likeness (QED) is 0.821. The number of hydrogen-bond donors (Lipinski definition) is 2. The highest BCUT2D eigenvalue weighted by molar-refractivity contribution is 5.85. The number of nitrogens with one attached hydrogen (secondary N) is 1. The number of amides is 1. The first-order chi connectivity index (χ1) is 9.09. The number of likely N-dealkylation sites (tertiary alicyclic amines) is 1. The summed E-state index contributed by atoms with van der Waals surface area (Å²) in [6, 6.07) is 5.53. The van der Waals surface area contributed by atoms with Crippen LogP contribution < -0.4 is 11.1 Å². The largest absolute Gasteiger partial charge is 0.398 e. The van der Waals surface area contributed by atoms with E-state index in [4.69, 9.17) is 5.73 Å². The number of nitrogen functional groups attached to an aromatic ring is 1. The predicted molar refractivity (Wildman–Crippen MR) is 79.1 cm³/mol. The van der Waals surface area contributed by atoms with E-state index in [1.54, 1.807) is 0 Å². The van der Waals surface area contributed by atoms with Crippen LogP contribution in [0.5, 0.6) is 0 Å². The van der Waals surface area contributed by atoms with Crippen molar-refractivity contribution in [3.8, 4) is 0 Å². The second-order valence-electron chi connectivity index (χ2n) is 5.27. The normalized spacial score (nSPS) is 17.1. The van der Waals surface area contributed by atoms with E-state index < -0.39 is 0 Å². The molecule has 0 aliphatic carbocycles. The summed E-state index contributed by atoms with van der Waals surface area (Å²) in [4.78, 5) is 14.3. The molecule has 1 aliphatic rings. The van der Waals surface area contributed by atoms with Gasteiger partial charge in [-0.3, -0.25) is 4.79 Å². The Hall–Kier alpha value is -1.71. The first kappa shape index (κ1) is 13.7. The zero-order chi connectivity index (χ0) is 13.8. The number of carbonyl (C=O) groups is 1. The molecule has 1 aliphatic heterocycles. The van der Waals surface area contributed by atoms with Crippen LogP contribution in [0.3, 0.4) is 0 Å². The Balaban J connectivity index is 2.01. The molecule has 0 radical (unpaired) electrons. The Morgan fingerprint density at radius 3 is 2.68 bits per heavy atom. The van der Waals surface area contributed by atoms with Crippen LogP contribution in [0.15, 0.2) is 18.2 Å². The smallest absolute Gasteiger partial charge is 0.244 e. The molecule has 104 valence electrons. The first-order valence-corrected chi connectivity index (χ1v) is 7.00. The molecular weight excluding hydrogens is 238 g/mol. The van der Waals surface area contributed by atoms with Crippen LogP contribution in [0.2, 0.25) is 0 Å². The standard InChI is InChI=1S/C15H23N3O/c1-11-13(16)7-6-8-14(11)17-12(2)15(19)18-9-4-3-5-10-18/h6-8,12,17H,3-5,9-10,16H2,1-2H3. The van der Waals surface area contributed by atoms with Crippen molar-refractivity contribution in [2.75, 3.05) is 24.1 Å². The number of anilines is 2. The second kappa shape index (κ2) is 5.95. The van der Waals surface area contributed by atoms with Gasteiger partial charge in [-0.25, -0.2) is 0 Å². The topological polar surface area (TPSA) is 58.4 Å².